The van der Waals surface area contributed by atoms with Crippen LogP contribution in [0.3, 0.4) is 0 Å². The van der Waals surface area contributed by atoms with Gasteiger partial charge in [0, 0.05) is 23.8 Å². The maximum atomic E-state index is 2.37. The molecule has 23 heavy (non-hydrogen) atoms. The van der Waals surface area contributed by atoms with E-state index < -0.39 is 0 Å². The molecule has 2 aromatic rings. The number of benzene rings is 2. The average molecular weight is 300 g/mol. The van der Waals surface area contributed by atoms with E-state index in [-0.39, 0.29) is 6.17 Å². The van der Waals surface area contributed by atoms with Gasteiger partial charge in [0.25, 0.3) is 0 Å². The predicted molar refractivity (Wildman–Crippen MR) is 97.2 cm³/mol. The zero-order chi connectivity index (χ0) is 15.5. The number of para-hydroxylation sites is 2. The average Bonchev–Trinajstić information content (AvgIpc) is 3.27. The van der Waals surface area contributed by atoms with Crippen molar-refractivity contribution in [2.45, 2.75) is 12.6 Å². The molecule has 0 bridgehead atoms. The zero-order valence-corrected chi connectivity index (χ0v) is 13.0. The maximum absolute atomic E-state index is 2.37. The van der Waals surface area contributed by atoms with Crippen molar-refractivity contribution >= 4 is 11.4 Å². The Bertz CT molecular complexity index is 669. The van der Waals surface area contributed by atoms with Crippen LogP contribution in [-0.2, 0) is 0 Å². The van der Waals surface area contributed by atoms with Crippen LogP contribution in [0.4, 0.5) is 11.4 Å². The summed E-state index contributed by atoms with van der Waals surface area (Å²) in [6, 6.07) is 21.2. The van der Waals surface area contributed by atoms with Crippen LogP contribution < -0.4 is 9.80 Å². The van der Waals surface area contributed by atoms with Crippen LogP contribution in [0.5, 0.6) is 0 Å². The Labute approximate surface area is 137 Å². The number of anilines is 2. The van der Waals surface area contributed by atoms with Gasteiger partial charge in [0.15, 0.2) is 0 Å². The Kier molecular flexibility index (Phi) is 3.73. The summed E-state index contributed by atoms with van der Waals surface area (Å²) in [6.07, 6.45) is 14.6. The molecule has 0 spiro atoms. The highest BCUT2D eigenvalue weighted by Gasteiger charge is 2.30. The summed E-state index contributed by atoms with van der Waals surface area (Å²) >= 11 is 0. The van der Waals surface area contributed by atoms with Gasteiger partial charge in [-0.25, -0.2) is 0 Å². The summed E-state index contributed by atoms with van der Waals surface area (Å²) in [5.74, 6) is 0.498. The van der Waals surface area contributed by atoms with Crippen molar-refractivity contribution in [3.8, 4) is 0 Å². The highest BCUT2D eigenvalue weighted by molar-refractivity contribution is 5.61. The van der Waals surface area contributed by atoms with E-state index in [9.17, 15) is 0 Å². The van der Waals surface area contributed by atoms with Crippen LogP contribution in [0.2, 0.25) is 0 Å². The summed E-state index contributed by atoms with van der Waals surface area (Å²) in [5.41, 5.74) is 2.47. The molecule has 2 aliphatic rings. The van der Waals surface area contributed by atoms with Gasteiger partial charge in [0.1, 0.15) is 6.17 Å². The number of rotatable bonds is 4. The zero-order valence-electron chi connectivity index (χ0n) is 13.0. The first-order valence-electron chi connectivity index (χ1n) is 8.12. The molecule has 0 fully saturated rings. The molecular formula is C21H20N2. The molecule has 2 aromatic carbocycles. The molecule has 0 saturated heterocycles. The monoisotopic (exact) mass is 300 g/mol. The Balaban J connectivity index is 1.65. The minimum absolute atomic E-state index is 0.289. The third-order valence-electron chi connectivity index (χ3n) is 4.45. The molecule has 1 heterocycles. The van der Waals surface area contributed by atoms with E-state index in [4.69, 9.17) is 0 Å². The van der Waals surface area contributed by atoms with Crippen molar-refractivity contribution in [2.24, 2.45) is 5.92 Å². The van der Waals surface area contributed by atoms with Crippen LogP contribution in [0.1, 0.15) is 6.42 Å². The Morgan fingerprint density at radius 1 is 0.652 bits per heavy atom. The van der Waals surface area contributed by atoms with Crippen LogP contribution in [-0.4, -0.2) is 6.17 Å². The SMILES string of the molecule is C1=CC(CC2N(c3ccccc3)C=CN2c2ccccc2)C=C1. The topological polar surface area (TPSA) is 6.48 Å². The maximum Gasteiger partial charge on any atom is 0.111 e. The first kappa shape index (κ1) is 13.9. The molecule has 114 valence electrons. The van der Waals surface area contributed by atoms with Crippen molar-refractivity contribution in [2.75, 3.05) is 9.80 Å². The fourth-order valence-electron chi connectivity index (χ4n) is 3.30. The summed E-state index contributed by atoms with van der Waals surface area (Å²) < 4.78 is 0. The molecule has 2 nitrogen and oxygen atoms in total. The molecule has 1 aliphatic heterocycles. The van der Waals surface area contributed by atoms with E-state index in [0.29, 0.717) is 5.92 Å². The molecule has 0 saturated carbocycles. The van der Waals surface area contributed by atoms with Gasteiger partial charge in [-0.2, -0.15) is 0 Å². The molecule has 2 heteroatoms. The highest BCUT2D eigenvalue weighted by atomic mass is 15.4. The van der Waals surface area contributed by atoms with E-state index >= 15 is 0 Å². The van der Waals surface area contributed by atoms with Gasteiger partial charge in [-0.15, -0.1) is 0 Å². The first-order chi connectivity index (χ1) is 11.4. The summed E-state index contributed by atoms with van der Waals surface area (Å²) in [4.78, 5) is 4.74. The Hall–Kier alpha value is -2.74. The number of hydrogen-bond acceptors (Lipinski definition) is 2. The standard InChI is InChI=1S/C21H20N2/c1-3-11-19(12-4-1)22-15-16-23(20-13-5-2-6-14-20)21(22)17-18-9-7-8-10-18/h1-16,18,21H,17H2. The highest BCUT2D eigenvalue weighted by Crippen LogP contribution is 2.33. The smallest absolute Gasteiger partial charge is 0.111 e. The van der Waals surface area contributed by atoms with E-state index in [1.165, 1.54) is 11.4 Å². The molecular weight excluding hydrogens is 280 g/mol. The molecule has 0 amide bonds. The summed E-state index contributed by atoms with van der Waals surface area (Å²) in [6.45, 7) is 0. The van der Waals surface area contributed by atoms with E-state index in [2.05, 4.69) is 107 Å². The number of hydrogen-bond donors (Lipinski definition) is 0. The first-order valence-corrected chi connectivity index (χ1v) is 8.12. The summed E-state index contributed by atoms with van der Waals surface area (Å²) in [5, 5.41) is 0. The van der Waals surface area contributed by atoms with E-state index in [1.807, 2.05) is 0 Å². The molecule has 4 rings (SSSR count). The normalized spacial score (nSPS) is 17.6. The lowest BCUT2D eigenvalue weighted by atomic mass is 10.0. The van der Waals surface area contributed by atoms with Gasteiger partial charge in [0.2, 0.25) is 0 Å². The molecule has 0 unspecified atom stereocenters. The van der Waals surface area contributed by atoms with E-state index in [0.717, 1.165) is 6.42 Å². The number of allylic oxidation sites excluding steroid dienone is 4. The van der Waals surface area contributed by atoms with Gasteiger partial charge in [-0.1, -0.05) is 60.7 Å². The minimum Gasteiger partial charge on any atom is -0.325 e. The molecule has 0 N–H and O–H groups in total. The molecule has 0 aromatic heterocycles. The van der Waals surface area contributed by atoms with Gasteiger partial charge >= 0.3 is 0 Å². The van der Waals surface area contributed by atoms with Crippen LogP contribution in [0.25, 0.3) is 0 Å². The minimum atomic E-state index is 0.289. The molecule has 0 atom stereocenters. The summed E-state index contributed by atoms with van der Waals surface area (Å²) in [7, 11) is 0. The second-order valence-electron chi connectivity index (χ2n) is 5.93. The fraction of sp³-hybridized carbons (Fsp3) is 0.143. The third kappa shape index (κ3) is 2.80. The lowest BCUT2D eigenvalue weighted by Gasteiger charge is -2.34. The van der Waals surface area contributed by atoms with Crippen molar-refractivity contribution in [1.82, 2.24) is 0 Å². The van der Waals surface area contributed by atoms with Crippen LogP contribution in [0, 0.1) is 5.92 Å². The van der Waals surface area contributed by atoms with E-state index in [1.54, 1.807) is 0 Å². The second kappa shape index (κ2) is 6.17. The Morgan fingerprint density at radius 2 is 1.13 bits per heavy atom. The lowest BCUT2D eigenvalue weighted by molar-refractivity contribution is 0.571. The van der Waals surface area contributed by atoms with Gasteiger partial charge < -0.3 is 9.80 Å². The Morgan fingerprint density at radius 3 is 1.61 bits per heavy atom. The van der Waals surface area contributed by atoms with Gasteiger partial charge in [-0.3, -0.25) is 0 Å². The van der Waals surface area contributed by atoms with Gasteiger partial charge in [0.05, 0.1) is 0 Å². The quantitative estimate of drug-likeness (QED) is 0.789. The van der Waals surface area contributed by atoms with Crippen LogP contribution >= 0.6 is 0 Å². The molecule has 0 radical (unpaired) electrons. The largest absolute Gasteiger partial charge is 0.325 e. The third-order valence-corrected chi connectivity index (χ3v) is 4.45. The van der Waals surface area contributed by atoms with Crippen LogP contribution in [0.15, 0.2) is 97.4 Å². The molecule has 1 aliphatic carbocycles. The van der Waals surface area contributed by atoms with Crippen molar-refractivity contribution < 1.29 is 0 Å². The fourth-order valence-corrected chi connectivity index (χ4v) is 3.30. The predicted octanol–water partition coefficient (Wildman–Crippen LogP) is 4.94. The van der Waals surface area contributed by atoms with Crippen molar-refractivity contribution in [3.05, 3.63) is 97.4 Å². The van der Waals surface area contributed by atoms with Gasteiger partial charge in [-0.05, 0) is 36.6 Å². The number of nitrogens with zero attached hydrogens (tertiary/aromatic N) is 2. The van der Waals surface area contributed by atoms with Crippen molar-refractivity contribution in [3.63, 3.8) is 0 Å². The second-order valence-corrected chi connectivity index (χ2v) is 5.93. The lowest BCUT2D eigenvalue weighted by Crippen LogP contribution is -2.40. The van der Waals surface area contributed by atoms with Crippen molar-refractivity contribution in [1.29, 1.82) is 0 Å².